The number of nitrogens with two attached hydrogens (primary N) is 1. The average Bonchev–Trinajstić information content (AvgIpc) is 2.65. The van der Waals surface area contributed by atoms with E-state index in [0.717, 1.165) is 0 Å². The fourth-order valence-corrected chi connectivity index (χ4v) is 3.22. The Kier molecular flexibility index (Phi) is 4.73. The van der Waals surface area contributed by atoms with Gasteiger partial charge in [-0.1, -0.05) is 0 Å². The van der Waals surface area contributed by atoms with Gasteiger partial charge in [0.25, 0.3) is 0 Å². The number of carboxylic acid groups (broad SMARTS) is 1. The molecule has 1 atom stereocenters. The van der Waals surface area contributed by atoms with Gasteiger partial charge in [0.05, 0.1) is 0 Å². The molecule has 0 aliphatic heterocycles. The summed E-state index contributed by atoms with van der Waals surface area (Å²) < 4.78 is 26.3. The van der Waals surface area contributed by atoms with Crippen LogP contribution in [0.4, 0.5) is 0 Å². The molecular weight excluding hydrogens is 639 g/mol. The Labute approximate surface area is 175 Å². The number of phenolic OH excluding ortho intramolecular Hbond substituents is 1. The van der Waals surface area contributed by atoms with Gasteiger partial charge in [0.2, 0.25) is 0 Å². The van der Waals surface area contributed by atoms with Crippen LogP contribution in [-0.4, -0.2) is 21.5 Å². The number of hydrogen-bond acceptors (Lipinski definition) is 4. The van der Waals surface area contributed by atoms with Crippen LogP contribution in [0.15, 0.2) is 48.5 Å². The average molecular weight is 657 g/mol. The molecule has 0 aliphatic rings. The molecule has 0 aromatic heterocycles. The first-order valence-electron chi connectivity index (χ1n) is 7.44. The fraction of sp³-hybridized carbons (Fsp3) is 0.133. The number of phenols is 1. The summed E-state index contributed by atoms with van der Waals surface area (Å²) in [6, 6.07) is 12.8. The number of ether oxygens (including phenoxy) is 1. The quantitative estimate of drug-likeness (QED) is 0.149. The van der Waals surface area contributed by atoms with E-state index in [1.54, 1.807) is 36.4 Å². The summed E-state index contributed by atoms with van der Waals surface area (Å²) in [4.78, 5) is 11.7. The minimum absolute atomic E-state index is 0.128. The van der Waals surface area contributed by atoms with Crippen LogP contribution in [0.3, 0.4) is 0 Å². The van der Waals surface area contributed by atoms with Crippen LogP contribution >= 0.6 is 0 Å². The topological polar surface area (TPSA) is 92.8 Å². The van der Waals surface area contributed by atoms with E-state index in [-0.39, 0.29) is 5.75 Å². The first-order chi connectivity index (χ1) is 12.3. The van der Waals surface area contributed by atoms with Crippen LogP contribution in [-0.2, 0) is 6.22 Å². The minimum atomic E-state index is -1.84. The summed E-state index contributed by atoms with van der Waals surface area (Å²) in [5.74, 6) is -0.150. The van der Waals surface area contributed by atoms with E-state index in [2.05, 4.69) is 0 Å². The SMILES string of the molecule is [2H][I-]C([I-][2H])(c1ccc(Oc2ccc(O)cc2)cc1)[C@@](N)([I-][2H])C(=O)O. The van der Waals surface area contributed by atoms with Crippen molar-refractivity contribution in [2.24, 2.45) is 5.73 Å². The first kappa shape index (κ1) is 15.0. The number of aliphatic carboxylic acids is 1. The molecule has 128 valence electrons. The summed E-state index contributed by atoms with van der Waals surface area (Å²) in [6.45, 7) is 0. The van der Waals surface area contributed by atoms with Gasteiger partial charge in [-0.15, -0.1) is 0 Å². The second kappa shape index (κ2) is 7.27. The Morgan fingerprint density at radius 1 is 1.04 bits per heavy atom. The standard InChI is InChI=1S/C15H15I3NO4/c16-14(17,15(18,19)13(21)22)9-1-5-11(6-2-9)23-12-7-3-10(20)4-8-12/h1-8,16-18,20H,19H2,(H,21,22)/q-3/t15-/m1/s1/i16D,17D,18D. The second-order valence-corrected chi connectivity index (χ2v) is 11.7. The molecule has 0 spiro atoms. The third-order valence-corrected chi connectivity index (χ3v) is 9.34. The molecule has 0 saturated carbocycles. The van der Waals surface area contributed by atoms with E-state index in [9.17, 15) is 15.0 Å². The molecule has 0 amide bonds. The number of aromatic hydroxyl groups is 1. The third kappa shape index (κ3) is 4.20. The molecule has 0 saturated heterocycles. The molecule has 2 rings (SSSR count). The Hall–Kier alpha value is -0.340. The van der Waals surface area contributed by atoms with Crippen LogP contribution in [0.25, 0.3) is 0 Å². The number of benzene rings is 2. The van der Waals surface area contributed by atoms with Crippen molar-refractivity contribution >= 4 is 5.97 Å². The van der Waals surface area contributed by atoms with Gasteiger partial charge in [-0.2, -0.15) is 0 Å². The van der Waals surface area contributed by atoms with Gasteiger partial charge in [0.1, 0.15) is 0 Å². The predicted octanol–water partition coefficient (Wildman–Crippen LogP) is -8.07. The van der Waals surface area contributed by atoms with Gasteiger partial charge in [-0.25, -0.2) is 0 Å². The van der Waals surface area contributed by atoms with Crippen molar-refractivity contribution in [1.82, 2.24) is 0 Å². The monoisotopic (exact) mass is 657 g/mol. The fourth-order valence-electron chi connectivity index (χ4n) is 1.73. The Balaban J connectivity index is 2.36. The van der Waals surface area contributed by atoms with Crippen molar-refractivity contribution in [3.63, 3.8) is 0 Å². The van der Waals surface area contributed by atoms with Crippen LogP contribution in [0.1, 0.15) is 5.56 Å². The van der Waals surface area contributed by atoms with Gasteiger partial charge in [-0.05, 0) is 0 Å². The van der Waals surface area contributed by atoms with Crippen LogP contribution < -0.4 is 77.6 Å². The van der Waals surface area contributed by atoms with E-state index in [4.69, 9.17) is 12.3 Å². The first-order valence-corrected chi connectivity index (χ1v) is 9.54. The zero-order valence-corrected chi connectivity index (χ0v) is 18.0. The molecule has 0 bridgehead atoms. The molecule has 0 heterocycles. The maximum absolute atomic E-state index is 11.7. The van der Waals surface area contributed by atoms with Gasteiger partial charge in [0.15, 0.2) is 0 Å². The second-order valence-electron chi connectivity index (χ2n) is 4.71. The van der Waals surface area contributed by atoms with Gasteiger partial charge >= 0.3 is 177 Å². The Bertz CT molecular complexity index is 760. The predicted molar refractivity (Wildman–Crippen MR) is 75.0 cm³/mol. The van der Waals surface area contributed by atoms with Crippen molar-refractivity contribution < 1.29 is 86.9 Å². The molecule has 8 heteroatoms. The van der Waals surface area contributed by atoms with Crippen LogP contribution in [0, 0.1) is 0 Å². The summed E-state index contributed by atoms with van der Waals surface area (Å²) >= 11 is -4.62. The molecule has 5 nitrogen and oxygen atoms in total. The number of carbonyl (C=O) groups is 1. The summed E-state index contributed by atoms with van der Waals surface area (Å²) in [7, 11) is 0. The van der Waals surface area contributed by atoms with Crippen molar-refractivity contribution in [3.05, 3.63) is 54.1 Å². The molecule has 2 aromatic carbocycles. The van der Waals surface area contributed by atoms with Gasteiger partial charge in [0, 0.05) is 0 Å². The van der Waals surface area contributed by atoms with Crippen molar-refractivity contribution in [2.45, 2.75) is 4.97 Å². The molecular formula is C15H15I3NO4-3. The van der Waals surface area contributed by atoms with Gasteiger partial charge in [-0.3, -0.25) is 0 Å². The zero-order chi connectivity index (χ0) is 19.4. The van der Waals surface area contributed by atoms with Gasteiger partial charge < -0.3 is 0 Å². The molecule has 23 heavy (non-hydrogen) atoms. The molecule has 0 radical (unpaired) electrons. The van der Waals surface area contributed by atoms with Crippen molar-refractivity contribution in [1.29, 1.82) is 1.78 Å². The molecule has 4 N–H and O–H groups in total. The Morgan fingerprint density at radius 3 is 2.00 bits per heavy atom. The number of halogens is 3. The number of alkyl halides is 3. The van der Waals surface area contributed by atoms with E-state index in [1.165, 1.54) is 12.1 Å². The Morgan fingerprint density at radius 2 is 1.57 bits per heavy atom. The summed E-state index contributed by atoms with van der Waals surface area (Å²) in [5, 5.41) is 18.9. The molecule has 2 aromatic rings. The van der Waals surface area contributed by atoms with E-state index in [0.29, 0.717) is 17.1 Å². The summed E-state index contributed by atoms with van der Waals surface area (Å²) in [6.07, 6.45) is 0. The molecule has 0 unspecified atom stereocenters. The zero-order valence-electron chi connectivity index (χ0n) is 14.5. The summed E-state index contributed by atoms with van der Waals surface area (Å²) in [5.41, 5.74) is 6.60. The number of carboxylic acids is 1. The number of rotatable bonds is 8. The molecule has 0 fully saturated rings. The van der Waals surface area contributed by atoms with Crippen LogP contribution in [0.2, 0.25) is 0 Å². The molecule has 0 aliphatic carbocycles. The van der Waals surface area contributed by atoms with E-state index < -0.39 is 78.1 Å². The van der Waals surface area contributed by atoms with E-state index in [1.807, 2.05) is 0 Å². The number of hydrogen-bond donors (Lipinski definition) is 3. The van der Waals surface area contributed by atoms with E-state index >= 15 is 0 Å². The van der Waals surface area contributed by atoms with Crippen molar-refractivity contribution in [3.8, 4) is 17.2 Å². The maximum atomic E-state index is 11.7. The normalized spacial score (nSPS) is 16.3. The van der Waals surface area contributed by atoms with Crippen molar-refractivity contribution in [2.75, 3.05) is 0 Å². The van der Waals surface area contributed by atoms with Crippen LogP contribution in [0.5, 0.6) is 17.2 Å². The third-order valence-electron chi connectivity index (χ3n) is 3.06.